The summed E-state index contributed by atoms with van der Waals surface area (Å²) in [4.78, 5) is 17.2. The van der Waals surface area contributed by atoms with Crippen LogP contribution in [0, 0.1) is 5.82 Å². The number of thiophene rings is 1. The molecule has 0 saturated carbocycles. The van der Waals surface area contributed by atoms with Crippen molar-refractivity contribution in [1.82, 2.24) is 20.1 Å². The first-order valence-electron chi connectivity index (χ1n) is 7.28. The fourth-order valence-electron chi connectivity index (χ4n) is 2.08. The number of amides is 1. The van der Waals surface area contributed by atoms with Gasteiger partial charge in [-0.15, -0.1) is 16.4 Å². The van der Waals surface area contributed by atoms with Crippen molar-refractivity contribution in [2.75, 3.05) is 6.54 Å². The van der Waals surface area contributed by atoms with Crippen molar-refractivity contribution in [2.45, 2.75) is 13.0 Å². The van der Waals surface area contributed by atoms with E-state index in [-0.39, 0.29) is 12.4 Å². The van der Waals surface area contributed by atoms with Crippen LogP contribution in [0.5, 0.6) is 0 Å². The number of hydrogen-bond donors (Lipinski definition) is 2. The second-order valence-corrected chi connectivity index (χ2v) is 6.13. The third-order valence-corrected chi connectivity index (χ3v) is 4.03. The molecule has 8 heteroatoms. The fraction of sp³-hybridized carbons (Fsp3) is 0.188. The summed E-state index contributed by atoms with van der Waals surface area (Å²) in [5, 5.41) is 17.9. The molecule has 0 radical (unpaired) electrons. The molecule has 3 rings (SSSR count). The van der Waals surface area contributed by atoms with E-state index in [0.29, 0.717) is 11.5 Å². The van der Waals surface area contributed by atoms with E-state index in [9.17, 15) is 14.3 Å². The lowest BCUT2D eigenvalue weighted by molar-refractivity contribution is 0.0914. The van der Waals surface area contributed by atoms with Crippen LogP contribution in [0.2, 0.25) is 0 Å². The van der Waals surface area contributed by atoms with Crippen molar-refractivity contribution in [1.29, 1.82) is 0 Å². The van der Waals surface area contributed by atoms with Gasteiger partial charge in [0, 0.05) is 6.54 Å². The first-order chi connectivity index (χ1) is 11.5. The summed E-state index contributed by atoms with van der Waals surface area (Å²) in [6, 6.07) is 9.62. The van der Waals surface area contributed by atoms with Gasteiger partial charge in [-0.3, -0.25) is 4.79 Å². The second-order valence-electron chi connectivity index (χ2n) is 5.19. The van der Waals surface area contributed by atoms with Gasteiger partial charge in [0.05, 0.1) is 16.7 Å². The molecule has 124 valence electrons. The predicted molar refractivity (Wildman–Crippen MR) is 88.6 cm³/mol. The number of carbonyl (C=O) groups is 1. The molecule has 0 bridgehead atoms. The lowest BCUT2D eigenvalue weighted by Crippen LogP contribution is -2.31. The quantitative estimate of drug-likeness (QED) is 0.742. The first-order valence-corrected chi connectivity index (χ1v) is 8.15. The molecule has 0 aliphatic heterocycles. The van der Waals surface area contributed by atoms with Gasteiger partial charge in [-0.05, 0) is 36.6 Å². The van der Waals surface area contributed by atoms with E-state index in [2.05, 4.69) is 15.4 Å². The molecule has 0 fully saturated rings. The smallest absolute Gasteiger partial charge is 0.291 e. The Bertz CT molecular complexity index is 846. The minimum Gasteiger partial charge on any atom is -0.392 e. The number of rotatable bonds is 5. The first kappa shape index (κ1) is 16.3. The van der Waals surface area contributed by atoms with Gasteiger partial charge in [-0.25, -0.2) is 14.1 Å². The van der Waals surface area contributed by atoms with E-state index >= 15 is 0 Å². The molecule has 2 heterocycles. The van der Waals surface area contributed by atoms with Crippen molar-refractivity contribution in [3.63, 3.8) is 0 Å². The van der Waals surface area contributed by atoms with Crippen LogP contribution < -0.4 is 5.32 Å². The molecule has 2 N–H and O–H groups in total. The van der Waals surface area contributed by atoms with Gasteiger partial charge >= 0.3 is 0 Å². The highest BCUT2D eigenvalue weighted by atomic mass is 32.1. The maximum absolute atomic E-state index is 13.5. The van der Waals surface area contributed by atoms with Gasteiger partial charge in [0.25, 0.3) is 5.91 Å². The zero-order valence-electron chi connectivity index (χ0n) is 12.8. The molecule has 0 aliphatic carbocycles. The molecule has 2 aromatic heterocycles. The minimum atomic E-state index is -0.670. The lowest BCUT2D eigenvalue weighted by Gasteiger charge is -2.04. The molecule has 1 unspecified atom stereocenters. The number of aliphatic hydroxyl groups excluding tert-OH is 1. The molecular formula is C16H15FN4O2S. The highest BCUT2D eigenvalue weighted by molar-refractivity contribution is 7.13. The standard InChI is InChI=1S/C16H15FN4O2S/c1-10(22)9-18-16(23)14-19-15(13-6-3-7-24-13)21(20-14)12-5-2-4-11(17)8-12/h2-8,10,22H,9H2,1H3,(H,18,23). The summed E-state index contributed by atoms with van der Waals surface area (Å²) in [5.41, 5.74) is 0.473. The van der Waals surface area contributed by atoms with E-state index in [1.807, 2.05) is 17.5 Å². The van der Waals surface area contributed by atoms with Crippen molar-refractivity contribution < 1.29 is 14.3 Å². The maximum Gasteiger partial charge on any atom is 0.291 e. The lowest BCUT2D eigenvalue weighted by atomic mass is 10.3. The van der Waals surface area contributed by atoms with Crippen LogP contribution in [0.3, 0.4) is 0 Å². The Kier molecular flexibility index (Phi) is 4.68. The summed E-state index contributed by atoms with van der Waals surface area (Å²) in [6.07, 6.45) is -0.670. The van der Waals surface area contributed by atoms with E-state index in [1.165, 1.54) is 28.2 Å². The molecule has 0 spiro atoms. The number of aromatic nitrogens is 3. The van der Waals surface area contributed by atoms with Crippen molar-refractivity contribution in [2.24, 2.45) is 0 Å². The van der Waals surface area contributed by atoms with Gasteiger partial charge in [0.1, 0.15) is 5.82 Å². The Morgan fingerprint density at radius 3 is 2.92 bits per heavy atom. The fourth-order valence-corrected chi connectivity index (χ4v) is 2.78. The number of nitrogens with zero attached hydrogens (tertiary/aromatic N) is 3. The van der Waals surface area contributed by atoms with E-state index < -0.39 is 17.8 Å². The summed E-state index contributed by atoms with van der Waals surface area (Å²) in [5.74, 6) is -0.481. The molecule has 6 nitrogen and oxygen atoms in total. The van der Waals surface area contributed by atoms with E-state index in [1.54, 1.807) is 19.1 Å². The van der Waals surface area contributed by atoms with Crippen LogP contribution in [0.15, 0.2) is 41.8 Å². The molecule has 24 heavy (non-hydrogen) atoms. The highest BCUT2D eigenvalue weighted by Crippen LogP contribution is 2.25. The number of nitrogens with one attached hydrogen (secondary N) is 1. The Morgan fingerprint density at radius 2 is 2.25 bits per heavy atom. The average Bonchev–Trinajstić information content (AvgIpc) is 3.21. The minimum absolute atomic E-state index is 0.0386. The number of benzene rings is 1. The Balaban J connectivity index is 2.02. The second kappa shape index (κ2) is 6.90. The molecule has 1 atom stereocenters. The topological polar surface area (TPSA) is 80.0 Å². The maximum atomic E-state index is 13.5. The van der Waals surface area contributed by atoms with Gasteiger partial charge in [-0.1, -0.05) is 12.1 Å². The van der Waals surface area contributed by atoms with Crippen molar-refractivity contribution in [3.8, 4) is 16.4 Å². The Hall–Kier alpha value is -2.58. The summed E-state index contributed by atoms with van der Waals surface area (Å²) < 4.78 is 15.0. The van der Waals surface area contributed by atoms with Crippen LogP contribution in [0.25, 0.3) is 16.4 Å². The molecule has 1 aromatic carbocycles. The average molecular weight is 346 g/mol. The molecule has 0 aliphatic rings. The molecule has 1 amide bonds. The normalized spacial score (nSPS) is 12.1. The van der Waals surface area contributed by atoms with Crippen molar-refractivity contribution in [3.05, 3.63) is 53.4 Å². The zero-order chi connectivity index (χ0) is 17.1. The van der Waals surface area contributed by atoms with Crippen LogP contribution >= 0.6 is 11.3 Å². The van der Waals surface area contributed by atoms with Gasteiger partial charge in [-0.2, -0.15) is 0 Å². The molecule has 3 aromatic rings. The third-order valence-electron chi connectivity index (χ3n) is 3.16. The van der Waals surface area contributed by atoms with Crippen molar-refractivity contribution >= 4 is 17.2 Å². The van der Waals surface area contributed by atoms with Gasteiger partial charge < -0.3 is 10.4 Å². The Labute approximate surface area is 141 Å². The predicted octanol–water partition coefficient (Wildman–Crippen LogP) is 2.25. The van der Waals surface area contributed by atoms with E-state index in [0.717, 1.165) is 4.88 Å². The Morgan fingerprint density at radius 1 is 1.42 bits per heavy atom. The van der Waals surface area contributed by atoms with Crippen LogP contribution in [0.1, 0.15) is 17.5 Å². The number of carbonyl (C=O) groups excluding carboxylic acids is 1. The number of aliphatic hydroxyl groups is 1. The summed E-state index contributed by atoms with van der Waals surface area (Å²) >= 11 is 1.44. The number of hydrogen-bond acceptors (Lipinski definition) is 5. The summed E-state index contributed by atoms with van der Waals surface area (Å²) in [7, 11) is 0. The van der Waals surface area contributed by atoms with Crippen LogP contribution in [-0.4, -0.2) is 38.4 Å². The molecule has 0 saturated heterocycles. The van der Waals surface area contributed by atoms with E-state index in [4.69, 9.17) is 0 Å². The van der Waals surface area contributed by atoms with Gasteiger partial charge in [0.2, 0.25) is 5.82 Å². The monoisotopic (exact) mass is 346 g/mol. The third kappa shape index (κ3) is 3.50. The zero-order valence-corrected chi connectivity index (χ0v) is 13.6. The largest absolute Gasteiger partial charge is 0.392 e. The van der Waals surface area contributed by atoms with Gasteiger partial charge in [0.15, 0.2) is 5.82 Å². The SMILES string of the molecule is CC(O)CNC(=O)c1nc(-c2cccs2)n(-c2cccc(F)c2)n1. The number of halogens is 1. The highest BCUT2D eigenvalue weighted by Gasteiger charge is 2.19. The summed E-state index contributed by atoms with van der Waals surface area (Å²) in [6.45, 7) is 1.66. The molecular weight excluding hydrogens is 331 g/mol. The van der Waals surface area contributed by atoms with Crippen LogP contribution in [0.4, 0.5) is 4.39 Å². The van der Waals surface area contributed by atoms with Crippen LogP contribution in [-0.2, 0) is 0 Å².